The van der Waals surface area contributed by atoms with Crippen molar-refractivity contribution in [1.29, 1.82) is 0 Å². The van der Waals surface area contributed by atoms with Gasteiger partial charge in [-0.2, -0.15) is 0 Å². The molecule has 0 saturated carbocycles. The zero-order valence-electron chi connectivity index (χ0n) is 11.2. The third-order valence-corrected chi connectivity index (χ3v) is 2.99. The molecule has 2 aromatic rings. The molecule has 0 radical (unpaired) electrons. The van der Waals surface area contributed by atoms with Crippen LogP contribution in [0.3, 0.4) is 0 Å². The number of furan rings is 1. The fourth-order valence-corrected chi connectivity index (χ4v) is 1.84. The highest BCUT2D eigenvalue weighted by Crippen LogP contribution is 2.20. The van der Waals surface area contributed by atoms with E-state index >= 15 is 0 Å². The molecule has 0 aliphatic carbocycles. The van der Waals surface area contributed by atoms with E-state index in [0.717, 1.165) is 5.56 Å². The maximum atomic E-state index is 10.7. The van der Waals surface area contributed by atoms with E-state index < -0.39 is 9.85 Å². The summed E-state index contributed by atoms with van der Waals surface area (Å²) in [6.45, 7) is 2.13. The number of non-ortho nitro benzene ring substituents is 1. The molecule has 0 aliphatic rings. The Kier molecular flexibility index (Phi) is 4.29. The molecule has 1 atom stereocenters. The van der Waals surface area contributed by atoms with Gasteiger partial charge in [-0.1, -0.05) is 12.1 Å². The molecule has 0 amide bonds. The summed E-state index contributed by atoms with van der Waals surface area (Å²) >= 11 is 0. The van der Waals surface area contributed by atoms with Crippen molar-refractivity contribution in [2.24, 2.45) is 0 Å². The van der Waals surface area contributed by atoms with Gasteiger partial charge in [0.15, 0.2) is 0 Å². The summed E-state index contributed by atoms with van der Waals surface area (Å²) < 4.78 is 5.02. The van der Waals surface area contributed by atoms with Crippen LogP contribution in [0.5, 0.6) is 0 Å². The van der Waals surface area contributed by atoms with Gasteiger partial charge in [-0.3, -0.25) is 20.2 Å². The maximum Gasteiger partial charge on any atom is 0.433 e. The zero-order chi connectivity index (χ0) is 15.4. The van der Waals surface area contributed by atoms with Crippen molar-refractivity contribution in [2.75, 3.05) is 0 Å². The summed E-state index contributed by atoms with van der Waals surface area (Å²) in [5, 5.41) is 24.3. The molecular weight excluding hydrogens is 278 g/mol. The van der Waals surface area contributed by atoms with Crippen molar-refractivity contribution >= 4 is 11.6 Å². The highest BCUT2D eigenvalue weighted by atomic mass is 16.6. The number of hydrogen-bond acceptors (Lipinski definition) is 6. The van der Waals surface area contributed by atoms with E-state index in [1.54, 1.807) is 12.1 Å². The lowest BCUT2D eigenvalue weighted by molar-refractivity contribution is -0.402. The number of hydrogen-bond donors (Lipinski definition) is 1. The Balaban J connectivity index is 2.00. The fraction of sp³-hybridized carbons (Fsp3) is 0.231. The maximum absolute atomic E-state index is 10.7. The molecule has 0 saturated heterocycles. The molecule has 0 fully saturated rings. The van der Waals surface area contributed by atoms with Crippen molar-refractivity contribution in [2.45, 2.75) is 19.5 Å². The second kappa shape index (κ2) is 6.14. The lowest BCUT2D eigenvalue weighted by Gasteiger charge is -2.12. The third-order valence-electron chi connectivity index (χ3n) is 2.99. The summed E-state index contributed by atoms with van der Waals surface area (Å²) in [4.78, 5) is 20.2. The van der Waals surface area contributed by atoms with E-state index in [-0.39, 0.29) is 24.2 Å². The van der Waals surface area contributed by atoms with E-state index in [1.165, 1.54) is 24.3 Å². The van der Waals surface area contributed by atoms with Crippen LogP contribution in [-0.4, -0.2) is 9.85 Å². The smallest absolute Gasteiger partial charge is 0.404 e. The van der Waals surface area contributed by atoms with Crippen LogP contribution in [0.15, 0.2) is 40.8 Å². The Morgan fingerprint density at radius 1 is 1.19 bits per heavy atom. The molecule has 110 valence electrons. The summed E-state index contributed by atoms with van der Waals surface area (Å²) in [7, 11) is 0. The number of nitrogens with zero attached hydrogens (tertiary/aromatic N) is 2. The van der Waals surface area contributed by atoms with Gasteiger partial charge in [-0.05, 0) is 18.6 Å². The first-order valence-electron chi connectivity index (χ1n) is 6.18. The number of nitro groups is 2. The average Bonchev–Trinajstić information content (AvgIpc) is 2.94. The minimum Gasteiger partial charge on any atom is -0.404 e. The predicted octanol–water partition coefficient (Wildman–Crippen LogP) is 2.95. The largest absolute Gasteiger partial charge is 0.433 e. The molecule has 21 heavy (non-hydrogen) atoms. The van der Waals surface area contributed by atoms with Gasteiger partial charge in [0.2, 0.25) is 0 Å². The highest BCUT2D eigenvalue weighted by molar-refractivity contribution is 5.35. The number of nitrogens with one attached hydrogen (secondary N) is 1. The Labute approximate surface area is 119 Å². The Hall–Kier alpha value is -2.74. The minimum atomic E-state index is -0.604. The number of benzene rings is 1. The summed E-state index contributed by atoms with van der Waals surface area (Å²) in [6, 6.07) is 8.95. The zero-order valence-corrected chi connectivity index (χ0v) is 11.2. The van der Waals surface area contributed by atoms with Crippen molar-refractivity contribution in [3.8, 4) is 0 Å². The van der Waals surface area contributed by atoms with Crippen LogP contribution in [-0.2, 0) is 6.54 Å². The fourth-order valence-electron chi connectivity index (χ4n) is 1.84. The van der Waals surface area contributed by atoms with Gasteiger partial charge < -0.3 is 9.73 Å². The standard InChI is InChI=1S/C13H13N3O5/c1-9(10-3-2-4-11(7-10)15(17)18)14-8-12-5-6-13(21-12)16(19)20/h2-7,9,14H,8H2,1H3. The van der Waals surface area contributed by atoms with Gasteiger partial charge in [0.05, 0.1) is 17.5 Å². The van der Waals surface area contributed by atoms with Crippen LogP contribution in [0.25, 0.3) is 0 Å². The van der Waals surface area contributed by atoms with Crippen molar-refractivity contribution in [1.82, 2.24) is 5.32 Å². The van der Waals surface area contributed by atoms with Crippen LogP contribution in [0, 0.1) is 20.2 Å². The Morgan fingerprint density at radius 3 is 2.57 bits per heavy atom. The highest BCUT2D eigenvalue weighted by Gasteiger charge is 2.14. The van der Waals surface area contributed by atoms with Crippen LogP contribution in [0.4, 0.5) is 11.6 Å². The number of nitro benzene ring substituents is 1. The topological polar surface area (TPSA) is 111 Å². The predicted molar refractivity (Wildman–Crippen MR) is 73.7 cm³/mol. The van der Waals surface area contributed by atoms with E-state index in [0.29, 0.717) is 5.76 Å². The van der Waals surface area contributed by atoms with Gasteiger partial charge >= 0.3 is 5.88 Å². The first kappa shape index (κ1) is 14.7. The molecule has 8 heteroatoms. The summed E-state index contributed by atoms with van der Waals surface area (Å²) in [6.07, 6.45) is 0. The van der Waals surface area contributed by atoms with Crippen molar-refractivity contribution < 1.29 is 14.3 Å². The molecule has 0 aliphatic heterocycles. The first-order chi connectivity index (χ1) is 9.97. The second-order valence-corrected chi connectivity index (χ2v) is 4.45. The number of rotatable bonds is 6. The molecular formula is C13H13N3O5. The summed E-state index contributed by atoms with van der Waals surface area (Å²) in [5.41, 5.74) is 0.778. The molecule has 1 aromatic heterocycles. The SMILES string of the molecule is CC(NCc1ccc([N+](=O)[O-])o1)c1cccc([N+](=O)[O-])c1. The second-order valence-electron chi connectivity index (χ2n) is 4.45. The van der Waals surface area contributed by atoms with Gasteiger partial charge in [-0.25, -0.2) is 0 Å². The quantitative estimate of drug-likeness (QED) is 0.646. The van der Waals surface area contributed by atoms with E-state index in [1.807, 2.05) is 6.92 Å². The lowest BCUT2D eigenvalue weighted by Crippen LogP contribution is -2.17. The molecule has 1 unspecified atom stereocenters. The molecule has 1 N–H and O–H groups in total. The normalized spacial score (nSPS) is 12.0. The molecule has 1 aromatic carbocycles. The van der Waals surface area contributed by atoms with Crippen LogP contribution >= 0.6 is 0 Å². The van der Waals surface area contributed by atoms with Crippen molar-refractivity contribution in [3.05, 3.63) is 68.0 Å². The minimum absolute atomic E-state index is 0.0230. The first-order valence-corrected chi connectivity index (χ1v) is 6.18. The van der Waals surface area contributed by atoms with Crippen molar-refractivity contribution in [3.63, 3.8) is 0 Å². The van der Waals surface area contributed by atoms with Gasteiger partial charge in [-0.15, -0.1) is 0 Å². The molecule has 0 spiro atoms. The van der Waals surface area contributed by atoms with Gasteiger partial charge in [0.25, 0.3) is 5.69 Å². The summed E-state index contributed by atoms with van der Waals surface area (Å²) in [5.74, 6) is 0.119. The molecule has 8 nitrogen and oxygen atoms in total. The van der Waals surface area contributed by atoms with Gasteiger partial charge in [0, 0.05) is 18.2 Å². The molecule has 1 heterocycles. The molecule has 0 bridgehead atoms. The third kappa shape index (κ3) is 3.63. The monoisotopic (exact) mass is 291 g/mol. The average molecular weight is 291 g/mol. The molecule has 2 rings (SSSR count). The van der Waals surface area contributed by atoms with Crippen LogP contribution in [0.1, 0.15) is 24.3 Å². The van der Waals surface area contributed by atoms with Crippen LogP contribution in [0.2, 0.25) is 0 Å². The van der Waals surface area contributed by atoms with Gasteiger partial charge in [0.1, 0.15) is 10.7 Å². The van der Waals surface area contributed by atoms with Crippen LogP contribution < -0.4 is 5.32 Å². The Morgan fingerprint density at radius 2 is 1.95 bits per heavy atom. The van der Waals surface area contributed by atoms with E-state index in [2.05, 4.69) is 5.32 Å². The Bertz CT molecular complexity index is 667. The lowest BCUT2D eigenvalue weighted by atomic mass is 10.1. The van der Waals surface area contributed by atoms with E-state index in [4.69, 9.17) is 4.42 Å². The van der Waals surface area contributed by atoms with E-state index in [9.17, 15) is 20.2 Å².